The van der Waals surface area contributed by atoms with Gasteiger partial charge in [-0.2, -0.15) is 0 Å². The third kappa shape index (κ3) is 5.08. The van der Waals surface area contributed by atoms with Crippen molar-refractivity contribution in [3.8, 4) is 17.0 Å². The van der Waals surface area contributed by atoms with Gasteiger partial charge in [0.05, 0.1) is 10.9 Å². The molecule has 10 heteroatoms. The van der Waals surface area contributed by atoms with E-state index in [9.17, 15) is 19.8 Å². The van der Waals surface area contributed by atoms with Crippen molar-refractivity contribution in [2.75, 3.05) is 0 Å². The standard InChI is InChI=1S/C22H23Cl2N3O5/c1-11-14(8-25-21(31)32-22(2,3)4)18(13-6-5-12(23)7-15(13)24)19-16(26-11)9-27(20(19)30)10-17(28)29/h5-7,9,30H,8,10H2,1-4H3,(H,25,31)(H,28,29). The van der Waals surface area contributed by atoms with Gasteiger partial charge in [0.2, 0.25) is 5.88 Å². The summed E-state index contributed by atoms with van der Waals surface area (Å²) in [7, 11) is 0. The molecule has 0 saturated heterocycles. The lowest BCUT2D eigenvalue weighted by Gasteiger charge is -2.21. The lowest BCUT2D eigenvalue weighted by Crippen LogP contribution is -2.32. The van der Waals surface area contributed by atoms with Crippen LogP contribution in [0.15, 0.2) is 24.4 Å². The van der Waals surface area contributed by atoms with Crippen LogP contribution in [0.25, 0.3) is 22.0 Å². The van der Waals surface area contributed by atoms with Gasteiger partial charge in [0.1, 0.15) is 12.1 Å². The molecule has 0 radical (unpaired) electrons. The number of benzene rings is 1. The molecule has 0 aliphatic heterocycles. The number of ether oxygens (including phenoxy) is 1. The highest BCUT2D eigenvalue weighted by Gasteiger charge is 2.24. The third-order valence-corrected chi connectivity index (χ3v) is 5.17. The number of aryl methyl sites for hydroxylation is 1. The summed E-state index contributed by atoms with van der Waals surface area (Å²) in [5.74, 6) is -1.38. The number of alkyl carbamates (subject to hydrolysis) is 1. The SMILES string of the molecule is Cc1nc2cn(CC(=O)O)c(O)c2c(-c2ccc(Cl)cc2Cl)c1CNC(=O)OC(C)(C)C. The van der Waals surface area contributed by atoms with Gasteiger partial charge in [-0.15, -0.1) is 0 Å². The molecule has 0 saturated carbocycles. The van der Waals surface area contributed by atoms with Crippen molar-refractivity contribution in [2.45, 2.75) is 46.4 Å². The van der Waals surface area contributed by atoms with Crippen LogP contribution < -0.4 is 5.32 Å². The number of carbonyl (C=O) groups is 2. The summed E-state index contributed by atoms with van der Waals surface area (Å²) in [6.07, 6.45) is 0.849. The molecule has 1 amide bonds. The number of nitrogens with one attached hydrogen (secondary N) is 1. The molecule has 0 aliphatic rings. The number of pyridine rings is 1. The number of fused-ring (bicyclic) bond motifs is 1. The average molecular weight is 480 g/mol. The van der Waals surface area contributed by atoms with Crippen LogP contribution in [-0.4, -0.2) is 37.4 Å². The van der Waals surface area contributed by atoms with Crippen LogP contribution in [0.3, 0.4) is 0 Å². The van der Waals surface area contributed by atoms with Gasteiger partial charge in [0.25, 0.3) is 0 Å². The number of nitrogens with zero attached hydrogens (tertiary/aromatic N) is 2. The minimum Gasteiger partial charge on any atom is -0.494 e. The fourth-order valence-electron chi connectivity index (χ4n) is 3.38. The molecule has 3 N–H and O–H groups in total. The number of hydrogen-bond acceptors (Lipinski definition) is 5. The van der Waals surface area contributed by atoms with E-state index in [1.54, 1.807) is 45.9 Å². The van der Waals surface area contributed by atoms with Crippen LogP contribution in [0.5, 0.6) is 5.88 Å². The van der Waals surface area contributed by atoms with Crippen molar-refractivity contribution < 1.29 is 24.5 Å². The summed E-state index contributed by atoms with van der Waals surface area (Å²) in [6, 6.07) is 4.92. The Balaban J connectivity index is 2.21. The molecule has 0 atom stereocenters. The Morgan fingerprint density at radius 3 is 2.53 bits per heavy atom. The second-order valence-corrected chi connectivity index (χ2v) is 9.11. The molecule has 0 aliphatic carbocycles. The Morgan fingerprint density at radius 2 is 1.94 bits per heavy atom. The summed E-state index contributed by atoms with van der Waals surface area (Å²) >= 11 is 12.5. The van der Waals surface area contributed by atoms with Crippen LogP contribution in [0.4, 0.5) is 4.79 Å². The van der Waals surface area contributed by atoms with E-state index in [4.69, 9.17) is 27.9 Å². The zero-order valence-electron chi connectivity index (χ0n) is 18.0. The largest absolute Gasteiger partial charge is 0.494 e. The Morgan fingerprint density at radius 1 is 1.25 bits per heavy atom. The van der Waals surface area contributed by atoms with Crippen LogP contribution in [0, 0.1) is 6.92 Å². The lowest BCUT2D eigenvalue weighted by atomic mass is 9.95. The van der Waals surface area contributed by atoms with Gasteiger partial charge in [-0.05, 0) is 39.8 Å². The molecule has 2 aromatic heterocycles. The van der Waals surface area contributed by atoms with E-state index < -0.39 is 24.2 Å². The number of aromatic hydroxyl groups is 1. The normalized spacial score (nSPS) is 11.6. The van der Waals surface area contributed by atoms with Crippen molar-refractivity contribution in [2.24, 2.45) is 0 Å². The van der Waals surface area contributed by atoms with E-state index >= 15 is 0 Å². The summed E-state index contributed by atoms with van der Waals surface area (Å²) in [4.78, 5) is 28.0. The van der Waals surface area contributed by atoms with E-state index in [2.05, 4.69) is 10.3 Å². The van der Waals surface area contributed by atoms with Crippen molar-refractivity contribution >= 4 is 46.2 Å². The first-order valence-electron chi connectivity index (χ1n) is 9.72. The molecule has 0 spiro atoms. The van der Waals surface area contributed by atoms with Crippen molar-refractivity contribution in [1.82, 2.24) is 14.9 Å². The second kappa shape index (κ2) is 8.88. The van der Waals surface area contributed by atoms with E-state index in [0.29, 0.717) is 43.3 Å². The summed E-state index contributed by atoms with van der Waals surface area (Å²) < 4.78 is 6.50. The maximum Gasteiger partial charge on any atom is 0.407 e. The Bertz CT molecular complexity index is 1210. The zero-order valence-corrected chi connectivity index (χ0v) is 19.5. The topological polar surface area (TPSA) is 114 Å². The van der Waals surface area contributed by atoms with Gasteiger partial charge in [0.15, 0.2) is 0 Å². The predicted molar refractivity (Wildman–Crippen MR) is 122 cm³/mol. The number of carbonyl (C=O) groups excluding carboxylic acids is 1. The van der Waals surface area contributed by atoms with Crippen LogP contribution in [-0.2, 0) is 22.6 Å². The molecule has 32 heavy (non-hydrogen) atoms. The van der Waals surface area contributed by atoms with E-state index in [1.165, 1.54) is 10.8 Å². The Kier molecular flexibility index (Phi) is 6.57. The number of rotatable bonds is 5. The average Bonchev–Trinajstić information content (AvgIpc) is 2.93. The number of hydrogen-bond donors (Lipinski definition) is 3. The van der Waals surface area contributed by atoms with Gasteiger partial charge < -0.3 is 24.8 Å². The Hall–Kier alpha value is -2.97. The van der Waals surface area contributed by atoms with Crippen molar-refractivity contribution in [1.29, 1.82) is 0 Å². The minimum absolute atomic E-state index is 0.0432. The summed E-state index contributed by atoms with van der Waals surface area (Å²) in [5.41, 5.74) is 1.96. The second-order valence-electron chi connectivity index (χ2n) is 8.26. The molecule has 1 aromatic carbocycles. The monoisotopic (exact) mass is 479 g/mol. The predicted octanol–water partition coefficient (Wildman–Crippen LogP) is 5.13. The van der Waals surface area contributed by atoms with Gasteiger partial charge in [-0.1, -0.05) is 29.3 Å². The lowest BCUT2D eigenvalue weighted by molar-refractivity contribution is -0.137. The molecule has 170 valence electrons. The number of amides is 1. The fourth-order valence-corrected chi connectivity index (χ4v) is 3.89. The summed E-state index contributed by atoms with van der Waals surface area (Å²) in [6.45, 7) is 6.63. The number of aliphatic carboxylic acids is 1. The molecule has 3 rings (SSSR count). The van der Waals surface area contributed by atoms with E-state index in [0.717, 1.165) is 0 Å². The number of carboxylic acid groups (broad SMARTS) is 1. The fraction of sp³-hybridized carbons (Fsp3) is 0.318. The first-order chi connectivity index (χ1) is 14.9. The maximum atomic E-state index is 12.2. The number of carboxylic acids is 1. The van der Waals surface area contributed by atoms with Gasteiger partial charge in [0, 0.05) is 45.2 Å². The van der Waals surface area contributed by atoms with Crippen molar-refractivity contribution in [3.05, 3.63) is 45.7 Å². The highest BCUT2D eigenvalue weighted by atomic mass is 35.5. The van der Waals surface area contributed by atoms with Crippen LogP contribution in [0.1, 0.15) is 32.0 Å². The van der Waals surface area contributed by atoms with E-state index in [1.807, 2.05) is 0 Å². The maximum absolute atomic E-state index is 12.2. The number of aromatic nitrogens is 2. The highest BCUT2D eigenvalue weighted by Crippen LogP contribution is 2.42. The molecule has 8 nitrogen and oxygen atoms in total. The van der Waals surface area contributed by atoms with Crippen molar-refractivity contribution in [3.63, 3.8) is 0 Å². The summed E-state index contributed by atoms with van der Waals surface area (Å²) in [5, 5.41) is 23.8. The van der Waals surface area contributed by atoms with E-state index in [-0.39, 0.29) is 12.4 Å². The zero-order chi connectivity index (χ0) is 23.8. The molecule has 3 aromatic rings. The molecule has 2 heterocycles. The first-order valence-corrected chi connectivity index (χ1v) is 10.5. The molecule has 0 fully saturated rings. The Labute approximate surface area is 194 Å². The molecule has 0 bridgehead atoms. The quantitative estimate of drug-likeness (QED) is 0.467. The van der Waals surface area contributed by atoms with Crippen LogP contribution >= 0.6 is 23.2 Å². The molecular weight excluding hydrogens is 457 g/mol. The van der Waals surface area contributed by atoms with Gasteiger partial charge in [-0.3, -0.25) is 9.78 Å². The molecular formula is C22H23Cl2N3O5. The van der Waals surface area contributed by atoms with Gasteiger partial charge in [-0.25, -0.2) is 4.79 Å². The molecule has 0 unspecified atom stereocenters. The smallest absolute Gasteiger partial charge is 0.407 e. The van der Waals surface area contributed by atoms with Gasteiger partial charge >= 0.3 is 12.1 Å². The number of halogens is 2. The third-order valence-electron chi connectivity index (χ3n) is 4.62. The highest BCUT2D eigenvalue weighted by molar-refractivity contribution is 6.36. The first kappa shape index (κ1) is 23.7. The van der Waals surface area contributed by atoms with Crippen LogP contribution in [0.2, 0.25) is 10.0 Å². The minimum atomic E-state index is -1.12.